The Bertz CT molecular complexity index is 239. The van der Waals surface area contributed by atoms with Crippen molar-refractivity contribution < 1.29 is 14.6 Å². The van der Waals surface area contributed by atoms with Crippen molar-refractivity contribution in [3.8, 4) is 0 Å². The molecule has 2 saturated heterocycles. The van der Waals surface area contributed by atoms with Crippen LogP contribution in [0.2, 0.25) is 0 Å². The first-order valence-electron chi connectivity index (χ1n) is 7.57. The van der Waals surface area contributed by atoms with Crippen LogP contribution >= 0.6 is 0 Å². The summed E-state index contributed by atoms with van der Waals surface area (Å²) in [5.74, 6) is 0. The summed E-state index contributed by atoms with van der Waals surface area (Å²) in [6.07, 6.45) is 3.66. The van der Waals surface area contributed by atoms with Gasteiger partial charge in [-0.25, -0.2) is 0 Å². The number of piperidine rings is 1. The Morgan fingerprint density at radius 2 is 2.21 bits per heavy atom. The number of ether oxygens (including phenoxy) is 2. The lowest BCUT2D eigenvalue weighted by Gasteiger charge is -2.38. The molecule has 112 valence electrons. The number of morpholine rings is 1. The molecule has 0 aromatic rings. The van der Waals surface area contributed by atoms with E-state index in [0.717, 1.165) is 52.1 Å². The molecular weight excluding hydrogens is 244 g/mol. The summed E-state index contributed by atoms with van der Waals surface area (Å²) in [6.45, 7) is 7.79. The summed E-state index contributed by atoms with van der Waals surface area (Å²) in [7, 11) is 0. The van der Waals surface area contributed by atoms with Crippen molar-refractivity contribution in [1.82, 2.24) is 10.2 Å². The quantitative estimate of drug-likeness (QED) is 0.725. The molecule has 2 heterocycles. The summed E-state index contributed by atoms with van der Waals surface area (Å²) >= 11 is 0. The number of hydrogen-bond acceptors (Lipinski definition) is 5. The fourth-order valence-electron chi connectivity index (χ4n) is 3.03. The summed E-state index contributed by atoms with van der Waals surface area (Å²) in [6, 6.07) is 1.10. The van der Waals surface area contributed by atoms with Crippen LogP contribution in [0.5, 0.6) is 0 Å². The van der Waals surface area contributed by atoms with Gasteiger partial charge in [-0.2, -0.15) is 0 Å². The third-order valence-electron chi connectivity index (χ3n) is 4.17. The Labute approximate surface area is 116 Å². The SMILES string of the molecule is CC(CC1COCCN1)N1CCC(OCCO)CC1. The lowest BCUT2D eigenvalue weighted by Crippen LogP contribution is -2.48. The van der Waals surface area contributed by atoms with Crippen molar-refractivity contribution >= 4 is 0 Å². The second-order valence-electron chi connectivity index (χ2n) is 5.64. The van der Waals surface area contributed by atoms with Gasteiger partial charge in [0.15, 0.2) is 0 Å². The number of aliphatic hydroxyl groups excluding tert-OH is 1. The van der Waals surface area contributed by atoms with E-state index in [4.69, 9.17) is 14.6 Å². The van der Waals surface area contributed by atoms with E-state index in [2.05, 4.69) is 17.1 Å². The molecule has 0 spiro atoms. The van der Waals surface area contributed by atoms with E-state index < -0.39 is 0 Å². The Morgan fingerprint density at radius 3 is 2.84 bits per heavy atom. The molecule has 5 nitrogen and oxygen atoms in total. The fourth-order valence-corrected chi connectivity index (χ4v) is 3.03. The molecule has 2 unspecified atom stereocenters. The highest BCUT2D eigenvalue weighted by Gasteiger charge is 2.25. The molecule has 2 N–H and O–H groups in total. The number of likely N-dealkylation sites (tertiary alicyclic amines) is 1. The van der Waals surface area contributed by atoms with E-state index in [0.29, 0.717) is 24.8 Å². The maximum absolute atomic E-state index is 8.77. The van der Waals surface area contributed by atoms with Crippen LogP contribution in [0.4, 0.5) is 0 Å². The summed E-state index contributed by atoms with van der Waals surface area (Å²) in [4.78, 5) is 2.55. The second kappa shape index (κ2) is 8.17. The minimum atomic E-state index is 0.129. The van der Waals surface area contributed by atoms with Crippen molar-refractivity contribution in [2.24, 2.45) is 0 Å². The maximum Gasteiger partial charge on any atom is 0.0701 e. The van der Waals surface area contributed by atoms with E-state index in [-0.39, 0.29) is 6.61 Å². The van der Waals surface area contributed by atoms with Crippen LogP contribution in [0.3, 0.4) is 0 Å². The predicted molar refractivity (Wildman–Crippen MR) is 74.3 cm³/mol. The second-order valence-corrected chi connectivity index (χ2v) is 5.64. The monoisotopic (exact) mass is 272 g/mol. The number of nitrogens with zero attached hydrogens (tertiary/aromatic N) is 1. The molecule has 0 aromatic heterocycles. The van der Waals surface area contributed by atoms with E-state index in [9.17, 15) is 0 Å². The third-order valence-corrected chi connectivity index (χ3v) is 4.17. The van der Waals surface area contributed by atoms with E-state index >= 15 is 0 Å². The van der Waals surface area contributed by atoms with E-state index in [1.807, 2.05) is 0 Å². The van der Waals surface area contributed by atoms with Crippen molar-refractivity contribution in [3.05, 3.63) is 0 Å². The zero-order valence-corrected chi connectivity index (χ0v) is 12.0. The Hall–Kier alpha value is -0.200. The first-order chi connectivity index (χ1) is 9.29. The van der Waals surface area contributed by atoms with Gasteiger partial charge in [-0.05, 0) is 26.2 Å². The maximum atomic E-state index is 8.77. The van der Waals surface area contributed by atoms with Crippen molar-refractivity contribution in [1.29, 1.82) is 0 Å². The molecule has 19 heavy (non-hydrogen) atoms. The van der Waals surface area contributed by atoms with Gasteiger partial charge in [0, 0.05) is 31.7 Å². The van der Waals surface area contributed by atoms with Gasteiger partial charge in [0.05, 0.1) is 32.5 Å². The molecule has 0 aromatic carbocycles. The molecule has 0 saturated carbocycles. The van der Waals surface area contributed by atoms with Crippen LogP contribution in [0.25, 0.3) is 0 Å². The average Bonchev–Trinajstić information content (AvgIpc) is 2.46. The minimum absolute atomic E-state index is 0.129. The molecule has 0 amide bonds. The molecular formula is C14H28N2O3. The first-order valence-corrected chi connectivity index (χ1v) is 7.57. The number of nitrogens with one attached hydrogen (secondary N) is 1. The van der Waals surface area contributed by atoms with Gasteiger partial charge in [0.1, 0.15) is 0 Å². The van der Waals surface area contributed by atoms with Gasteiger partial charge in [0.25, 0.3) is 0 Å². The van der Waals surface area contributed by atoms with Crippen LogP contribution in [-0.2, 0) is 9.47 Å². The van der Waals surface area contributed by atoms with Crippen molar-refractivity contribution in [3.63, 3.8) is 0 Å². The Kier molecular flexibility index (Phi) is 6.53. The smallest absolute Gasteiger partial charge is 0.0701 e. The topological polar surface area (TPSA) is 54.0 Å². The lowest BCUT2D eigenvalue weighted by atomic mass is 10.0. The van der Waals surface area contributed by atoms with Crippen molar-refractivity contribution in [2.45, 2.75) is 44.4 Å². The van der Waals surface area contributed by atoms with Gasteiger partial charge in [0.2, 0.25) is 0 Å². The fraction of sp³-hybridized carbons (Fsp3) is 1.00. The molecule has 0 bridgehead atoms. The Morgan fingerprint density at radius 1 is 1.42 bits per heavy atom. The molecule has 0 radical (unpaired) electrons. The van der Waals surface area contributed by atoms with Gasteiger partial charge >= 0.3 is 0 Å². The standard InChI is InChI=1S/C14H28N2O3/c1-12(10-13-11-18-8-4-15-13)16-5-2-14(3-6-16)19-9-7-17/h12-15,17H,2-11H2,1H3. The molecule has 0 aliphatic carbocycles. The van der Waals surface area contributed by atoms with Gasteiger partial charge in [-0.1, -0.05) is 0 Å². The molecule has 5 heteroatoms. The predicted octanol–water partition coefficient (Wildman–Crippen LogP) is 0.227. The molecule has 2 atom stereocenters. The minimum Gasteiger partial charge on any atom is -0.394 e. The van der Waals surface area contributed by atoms with Crippen LogP contribution < -0.4 is 5.32 Å². The summed E-state index contributed by atoms with van der Waals surface area (Å²) in [5, 5.41) is 12.3. The van der Waals surface area contributed by atoms with Gasteiger partial charge in [-0.3, -0.25) is 0 Å². The highest BCUT2D eigenvalue weighted by Crippen LogP contribution is 2.18. The van der Waals surface area contributed by atoms with E-state index in [1.165, 1.54) is 0 Å². The highest BCUT2D eigenvalue weighted by molar-refractivity contribution is 4.81. The van der Waals surface area contributed by atoms with Crippen LogP contribution in [0, 0.1) is 0 Å². The van der Waals surface area contributed by atoms with Gasteiger partial charge < -0.3 is 24.8 Å². The van der Waals surface area contributed by atoms with Crippen LogP contribution in [0.1, 0.15) is 26.2 Å². The molecule has 2 rings (SSSR count). The zero-order valence-electron chi connectivity index (χ0n) is 12.0. The third kappa shape index (κ3) is 5.00. The highest BCUT2D eigenvalue weighted by atomic mass is 16.5. The molecule has 2 aliphatic heterocycles. The zero-order chi connectivity index (χ0) is 13.5. The molecule has 2 aliphatic rings. The summed E-state index contributed by atoms with van der Waals surface area (Å²) < 4.78 is 11.1. The number of hydrogen-bond donors (Lipinski definition) is 2. The Balaban J connectivity index is 1.65. The van der Waals surface area contributed by atoms with Crippen LogP contribution in [0.15, 0.2) is 0 Å². The van der Waals surface area contributed by atoms with Crippen molar-refractivity contribution in [2.75, 3.05) is 46.1 Å². The summed E-state index contributed by atoms with van der Waals surface area (Å²) in [5.41, 5.74) is 0. The number of rotatable bonds is 6. The normalized spacial score (nSPS) is 28.4. The van der Waals surface area contributed by atoms with Gasteiger partial charge in [-0.15, -0.1) is 0 Å². The average molecular weight is 272 g/mol. The molecule has 2 fully saturated rings. The van der Waals surface area contributed by atoms with E-state index in [1.54, 1.807) is 0 Å². The number of aliphatic hydroxyl groups is 1. The lowest BCUT2D eigenvalue weighted by molar-refractivity contribution is -0.0171. The largest absolute Gasteiger partial charge is 0.394 e. The first kappa shape index (κ1) is 15.2. The van der Waals surface area contributed by atoms with Crippen LogP contribution in [-0.4, -0.2) is 74.3 Å².